The molecule has 0 radical (unpaired) electrons. The lowest BCUT2D eigenvalue weighted by Gasteiger charge is -2.02. The van der Waals surface area contributed by atoms with Crippen LogP contribution in [-0.2, 0) is 4.74 Å². The maximum Gasteiger partial charge on any atom is 0.264 e. The number of hydrogen-bond donors (Lipinski definition) is 1. The molecule has 1 heterocycles. The third-order valence-corrected chi connectivity index (χ3v) is 1.89. The van der Waals surface area contributed by atoms with E-state index in [1.165, 1.54) is 0 Å². The van der Waals surface area contributed by atoms with Crippen LogP contribution >= 0.6 is 0 Å². The molecular weight excluding hydrogens is 196 g/mol. The lowest BCUT2D eigenvalue weighted by atomic mass is 10.3. The van der Waals surface area contributed by atoms with Gasteiger partial charge in [-0.3, -0.25) is 0 Å². The quantitative estimate of drug-likeness (QED) is 0.589. The van der Waals surface area contributed by atoms with Crippen LogP contribution in [0.3, 0.4) is 0 Å². The number of nitrogens with two attached hydrogens (primary N) is 1. The second-order valence-electron chi connectivity index (χ2n) is 2.94. The summed E-state index contributed by atoms with van der Waals surface area (Å²) < 4.78 is 15.4. The lowest BCUT2D eigenvalue weighted by Crippen LogP contribution is -2.11. The summed E-state index contributed by atoms with van der Waals surface area (Å²) in [5.74, 6) is 0.447. The molecule has 1 aromatic heterocycles. The van der Waals surface area contributed by atoms with Crippen molar-refractivity contribution >= 4 is 11.0 Å². The zero-order valence-electron chi connectivity index (χ0n) is 8.18. The van der Waals surface area contributed by atoms with Crippen LogP contribution < -0.4 is 10.5 Å². The minimum Gasteiger partial charge on any atom is -0.448 e. The Labute approximate surface area is 86.7 Å². The van der Waals surface area contributed by atoms with Crippen molar-refractivity contribution in [2.45, 2.75) is 0 Å². The molecule has 0 fully saturated rings. The van der Waals surface area contributed by atoms with Gasteiger partial charge < -0.3 is 19.7 Å². The Morgan fingerprint density at radius 1 is 1.33 bits per heavy atom. The molecule has 15 heavy (non-hydrogen) atoms. The first-order valence-electron chi connectivity index (χ1n) is 4.67. The number of fused-ring (bicyclic) bond motifs is 1. The van der Waals surface area contributed by atoms with Crippen LogP contribution in [0.25, 0.3) is 11.0 Å². The second-order valence-corrected chi connectivity index (χ2v) is 2.94. The largest absolute Gasteiger partial charge is 0.448 e. The first-order valence-corrected chi connectivity index (χ1v) is 4.67. The second kappa shape index (κ2) is 4.77. The number of nitrogens with zero attached hydrogens (tertiary/aromatic N) is 1. The van der Waals surface area contributed by atoms with E-state index in [0.717, 1.165) is 5.39 Å². The molecule has 0 aliphatic carbocycles. The van der Waals surface area contributed by atoms with Gasteiger partial charge in [-0.05, 0) is 17.3 Å². The molecule has 0 aliphatic heterocycles. The van der Waals surface area contributed by atoms with Gasteiger partial charge in [0.2, 0.25) is 0 Å². The van der Waals surface area contributed by atoms with E-state index in [2.05, 4.69) is 5.16 Å². The fraction of sp³-hybridized carbons (Fsp3) is 0.300. The number of ether oxygens (including phenoxy) is 2. The minimum atomic E-state index is 0.133. The van der Waals surface area contributed by atoms with Crippen LogP contribution in [-0.4, -0.2) is 25.1 Å². The van der Waals surface area contributed by atoms with Gasteiger partial charge >= 0.3 is 0 Å². The van der Waals surface area contributed by atoms with Crippen LogP contribution in [0.2, 0.25) is 0 Å². The van der Waals surface area contributed by atoms with Crippen LogP contribution in [0.1, 0.15) is 0 Å². The topological polar surface area (TPSA) is 70.5 Å². The molecule has 1 aromatic carbocycles. The van der Waals surface area contributed by atoms with E-state index in [1.54, 1.807) is 0 Å². The van der Waals surface area contributed by atoms with Crippen molar-refractivity contribution in [2.24, 2.45) is 5.73 Å². The van der Waals surface area contributed by atoms with E-state index in [9.17, 15) is 0 Å². The number of para-hydroxylation sites is 1. The Morgan fingerprint density at radius 3 is 3.07 bits per heavy atom. The van der Waals surface area contributed by atoms with E-state index in [0.29, 0.717) is 24.6 Å². The van der Waals surface area contributed by atoms with E-state index in [1.807, 2.05) is 24.3 Å². The standard InChI is InChI=1S/C10H12N2O3/c11-5-6-13-7-14-10-8-3-1-2-4-9(8)15-12-10/h1-4H,5-7,11H2. The molecule has 2 N–H and O–H groups in total. The van der Waals surface area contributed by atoms with Gasteiger partial charge in [-0.15, -0.1) is 0 Å². The van der Waals surface area contributed by atoms with Crippen molar-refractivity contribution in [1.29, 1.82) is 0 Å². The predicted molar refractivity (Wildman–Crippen MR) is 54.5 cm³/mol. The minimum absolute atomic E-state index is 0.133. The molecule has 0 amide bonds. The normalized spacial score (nSPS) is 10.7. The summed E-state index contributed by atoms with van der Waals surface area (Å²) in [7, 11) is 0. The molecule has 2 rings (SSSR count). The summed E-state index contributed by atoms with van der Waals surface area (Å²) in [6.07, 6.45) is 0. The molecule has 0 saturated heterocycles. The Kier molecular flexibility index (Phi) is 3.16. The molecule has 0 saturated carbocycles. The van der Waals surface area contributed by atoms with Crippen molar-refractivity contribution in [3.8, 4) is 5.88 Å². The van der Waals surface area contributed by atoms with Gasteiger partial charge in [0.05, 0.1) is 12.0 Å². The Morgan fingerprint density at radius 2 is 2.20 bits per heavy atom. The molecule has 0 unspecified atom stereocenters. The highest BCUT2D eigenvalue weighted by Gasteiger charge is 2.07. The third-order valence-electron chi connectivity index (χ3n) is 1.89. The molecule has 80 valence electrons. The third kappa shape index (κ3) is 2.26. The Hall–Kier alpha value is -1.59. The number of benzene rings is 1. The Balaban J connectivity index is 2.02. The highest BCUT2D eigenvalue weighted by atomic mass is 16.7. The van der Waals surface area contributed by atoms with E-state index >= 15 is 0 Å². The SMILES string of the molecule is NCCOCOc1noc2ccccc12. The summed E-state index contributed by atoms with van der Waals surface area (Å²) in [5, 5.41) is 4.63. The first kappa shape index (κ1) is 9.95. The van der Waals surface area contributed by atoms with Crippen LogP contribution in [0.5, 0.6) is 5.88 Å². The van der Waals surface area contributed by atoms with Crippen molar-refractivity contribution in [3.05, 3.63) is 24.3 Å². The highest BCUT2D eigenvalue weighted by Crippen LogP contribution is 2.23. The van der Waals surface area contributed by atoms with E-state index < -0.39 is 0 Å². The van der Waals surface area contributed by atoms with E-state index in [4.69, 9.17) is 19.7 Å². The highest BCUT2D eigenvalue weighted by molar-refractivity contribution is 5.81. The summed E-state index contributed by atoms with van der Waals surface area (Å²) in [6, 6.07) is 7.48. The van der Waals surface area contributed by atoms with Crippen molar-refractivity contribution in [3.63, 3.8) is 0 Å². The fourth-order valence-electron chi connectivity index (χ4n) is 1.21. The van der Waals surface area contributed by atoms with Crippen molar-refractivity contribution < 1.29 is 14.0 Å². The van der Waals surface area contributed by atoms with Crippen molar-refractivity contribution in [1.82, 2.24) is 5.16 Å². The predicted octanol–water partition coefficient (Wildman–Crippen LogP) is 1.14. The summed E-state index contributed by atoms with van der Waals surface area (Å²) in [6.45, 7) is 1.08. The molecule has 0 aliphatic rings. The molecule has 0 atom stereocenters. The van der Waals surface area contributed by atoms with Gasteiger partial charge in [0.25, 0.3) is 5.88 Å². The average molecular weight is 208 g/mol. The van der Waals surface area contributed by atoms with Gasteiger partial charge in [0, 0.05) is 6.54 Å². The fourth-order valence-corrected chi connectivity index (χ4v) is 1.21. The van der Waals surface area contributed by atoms with Gasteiger partial charge in [-0.1, -0.05) is 12.1 Å². The molecule has 5 heteroatoms. The molecular formula is C10H12N2O3. The average Bonchev–Trinajstić information content (AvgIpc) is 2.68. The van der Waals surface area contributed by atoms with Gasteiger partial charge in [0.1, 0.15) is 0 Å². The van der Waals surface area contributed by atoms with Crippen molar-refractivity contribution in [2.75, 3.05) is 19.9 Å². The lowest BCUT2D eigenvalue weighted by molar-refractivity contribution is 0.0157. The monoisotopic (exact) mass is 208 g/mol. The number of aromatic nitrogens is 1. The molecule has 2 aromatic rings. The smallest absolute Gasteiger partial charge is 0.264 e. The summed E-state index contributed by atoms with van der Waals surface area (Å²) in [5.41, 5.74) is 5.96. The zero-order chi connectivity index (χ0) is 10.5. The van der Waals surface area contributed by atoms with E-state index in [-0.39, 0.29) is 6.79 Å². The molecule has 0 bridgehead atoms. The van der Waals surface area contributed by atoms with Gasteiger partial charge in [-0.25, -0.2) is 0 Å². The summed E-state index contributed by atoms with van der Waals surface area (Å²) >= 11 is 0. The van der Waals surface area contributed by atoms with Crippen LogP contribution in [0.4, 0.5) is 0 Å². The van der Waals surface area contributed by atoms with Gasteiger partial charge in [-0.2, -0.15) is 0 Å². The Bertz CT molecular complexity index is 427. The summed E-state index contributed by atoms with van der Waals surface area (Å²) in [4.78, 5) is 0. The maximum absolute atomic E-state index is 5.28. The molecule has 5 nitrogen and oxygen atoms in total. The van der Waals surface area contributed by atoms with Gasteiger partial charge in [0.15, 0.2) is 12.4 Å². The first-order chi connectivity index (χ1) is 7.42. The number of rotatable bonds is 5. The van der Waals surface area contributed by atoms with Crippen LogP contribution in [0, 0.1) is 0 Å². The maximum atomic E-state index is 5.28. The number of hydrogen-bond acceptors (Lipinski definition) is 5. The van der Waals surface area contributed by atoms with Crippen LogP contribution in [0.15, 0.2) is 28.8 Å². The zero-order valence-corrected chi connectivity index (χ0v) is 8.18. The molecule has 0 spiro atoms.